The molecule has 1 N–H and O–H groups in total. The van der Waals surface area contributed by atoms with Crippen molar-refractivity contribution in [3.63, 3.8) is 0 Å². The van der Waals surface area contributed by atoms with Crippen LogP contribution in [0.2, 0.25) is 0 Å². The Morgan fingerprint density at radius 2 is 1.69 bits per heavy atom. The summed E-state index contributed by atoms with van der Waals surface area (Å²) in [6.45, 7) is 1.49. The standard InChI is InChI=1S/C20H16F3N3O5S/c1-13(19(27)28)26(15-5-3-2-4-6-15)18-11-17(24-12-25-18)14-7-9-16(10-8-14)31-32(29,30)20(21,22)23/h2-13H,1H3,(H,27,28)/t13-/m0/s1. The molecule has 0 fully saturated rings. The molecule has 8 nitrogen and oxygen atoms in total. The molecule has 1 aromatic heterocycles. The zero-order chi connectivity index (χ0) is 23.5. The minimum atomic E-state index is -5.78. The van der Waals surface area contributed by atoms with Gasteiger partial charge in [-0.3, -0.25) is 0 Å². The van der Waals surface area contributed by atoms with Crippen molar-refractivity contribution in [1.29, 1.82) is 0 Å². The molecule has 0 amide bonds. The monoisotopic (exact) mass is 467 g/mol. The number of hydrogen-bond donors (Lipinski definition) is 1. The summed E-state index contributed by atoms with van der Waals surface area (Å²) in [6, 6.07) is 14.0. The second-order valence-electron chi connectivity index (χ2n) is 6.49. The molecule has 0 saturated carbocycles. The van der Waals surface area contributed by atoms with Gasteiger partial charge in [0.1, 0.15) is 23.9 Å². The Labute approximate surface area is 181 Å². The van der Waals surface area contributed by atoms with Gasteiger partial charge < -0.3 is 14.2 Å². The number of para-hydroxylation sites is 1. The van der Waals surface area contributed by atoms with Crippen LogP contribution in [0.25, 0.3) is 11.3 Å². The quantitative estimate of drug-likeness (QED) is 0.411. The highest BCUT2D eigenvalue weighted by molar-refractivity contribution is 7.88. The molecule has 1 atom stereocenters. The van der Waals surface area contributed by atoms with Crippen molar-refractivity contribution < 1.29 is 35.7 Å². The maximum absolute atomic E-state index is 12.5. The number of alkyl halides is 3. The summed E-state index contributed by atoms with van der Waals surface area (Å²) in [6.07, 6.45) is 1.22. The van der Waals surface area contributed by atoms with E-state index in [4.69, 9.17) is 0 Å². The molecule has 0 bridgehead atoms. The Morgan fingerprint density at radius 3 is 2.25 bits per heavy atom. The predicted octanol–water partition coefficient (Wildman–Crippen LogP) is 3.98. The van der Waals surface area contributed by atoms with Gasteiger partial charge in [0.05, 0.1) is 5.69 Å². The van der Waals surface area contributed by atoms with Crippen LogP contribution < -0.4 is 9.08 Å². The topological polar surface area (TPSA) is 110 Å². The molecule has 1 heterocycles. The number of nitrogens with zero attached hydrogens (tertiary/aromatic N) is 3. The molecule has 0 aliphatic rings. The number of rotatable bonds is 7. The summed E-state index contributed by atoms with van der Waals surface area (Å²) in [4.78, 5) is 21.4. The highest BCUT2D eigenvalue weighted by atomic mass is 32.2. The van der Waals surface area contributed by atoms with Crippen LogP contribution in [0.15, 0.2) is 67.0 Å². The zero-order valence-electron chi connectivity index (χ0n) is 16.4. The Hall–Kier alpha value is -3.67. The third-order valence-electron chi connectivity index (χ3n) is 4.32. The first-order chi connectivity index (χ1) is 15.0. The van der Waals surface area contributed by atoms with Crippen molar-refractivity contribution in [1.82, 2.24) is 9.97 Å². The SMILES string of the molecule is C[C@@H](C(=O)O)N(c1ccccc1)c1cc(-c2ccc(OS(=O)(=O)C(F)(F)F)cc2)ncn1. The smallest absolute Gasteiger partial charge is 0.480 e. The third-order valence-corrected chi connectivity index (χ3v) is 5.30. The summed E-state index contributed by atoms with van der Waals surface area (Å²) >= 11 is 0. The molecule has 0 aliphatic carbocycles. The van der Waals surface area contributed by atoms with E-state index in [0.717, 1.165) is 12.1 Å². The van der Waals surface area contributed by atoms with Crippen molar-refractivity contribution in [3.05, 3.63) is 67.0 Å². The Morgan fingerprint density at radius 1 is 1.06 bits per heavy atom. The first-order valence-corrected chi connectivity index (χ1v) is 10.4. The van der Waals surface area contributed by atoms with E-state index in [-0.39, 0.29) is 5.82 Å². The fraction of sp³-hybridized carbons (Fsp3) is 0.150. The number of aliphatic carboxylic acids is 1. The lowest BCUT2D eigenvalue weighted by Gasteiger charge is -2.27. The van der Waals surface area contributed by atoms with Crippen LogP contribution >= 0.6 is 0 Å². The van der Waals surface area contributed by atoms with Crippen molar-refractivity contribution in [2.75, 3.05) is 4.90 Å². The number of carboxylic acid groups (broad SMARTS) is 1. The molecule has 0 saturated heterocycles. The van der Waals surface area contributed by atoms with Gasteiger partial charge in [0, 0.05) is 17.3 Å². The van der Waals surface area contributed by atoms with Crippen LogP contribution in [-0.4, -0.2) is 41.0 Å². The minimum Gasteiger partial charge on any atom is -0.480 e. The fourth-order valence-corrected chi connectivity index (χ4v) is 3.20. The number of hydrogen-bond acceptors (Lipinski definition) is 7. The molecule has 3 rings (SSSR count). The summed E-state index contributed by atoms with van der Waals surface area (Å²) in [7, 11) is -5.78. The number of anilines is 2. The van der Waals surface area contributed by atoms with Gasteiger partial charge in [-0.1, -0.05) is 18.2 Å². The highest BCUT2D eigenvalue weighted by Gasteiger charge is 2.48. The Kier molecular flexibility index (Phi) is 6.35. The molecular weight excluding hydrogens is 451 g/mol. The third kappa shape index (κ3) is 4.97. The molecule has 0 radical (unpaired) electrons. The average Bonchev–Trinajstić information content (AvgIpc) is 2.74. The normalized spacial score (nSPS) is 12.8. The van der Waals surface area contributed by atoms with Gasteiger partial charge in [0.15, 0.2) is 0 Å². The average molecular weight is 467 g/mol. The molecule has 2 aromatic carbocycles. The lowest BCUT2D eigenvalue weighted by atomic mass is 10.1. The maximum Gasteiger partial charge on any atom is 0.534 e. The first-order valence-electron chi connectivity index (χ1n) is 9.00. The fourth-order valence-electron chi connectivity index (χ4n) is 2.75. The van der Waals surface area contributed by atoms with Crippen LogP contribution in [0.3, 0.4) is 0 Å². The van der Waals surface area contributed by atoms with Gasteiger partial charge in [-0.15, -0.1) is 0 Å². The van der Waals surface area contributed by atoms with Crippen LogP contribution in [0, 0.1) is 0 Å². The van der Waals surface area contributed by atoms with E-state index >= 15 is 0 Å². The van der Waals surface area contributed by atoms with Crippen molar-refractivity contribution in [2.24, 2.45) is 0 Å². The van der Waals surface area contributed by atoms with Crippen LogP contribution in [0.4, 0.5) is 24.7 Å². The molecule has 32 heavy (non-hydrogen) atoms. The van der Waals surface area contributed by atoms with Gasteiger partial charge >= 0.3 is 21.6 Å². The van der Waals surface area contributed by atoms with E-state index in [1.807, 2.05) is 0 Å². The number of carbonyl (C=O) groups is 1. The number of benzene rings is 2. The van der Waals surface area contributed by atoms with Crippen LogP contribution in [0.1, 0.15) is 6.92 Å². The van der Waals surface area contributed by atoms with E-state index in [1.165, 1.54) is 36.4 Å². The van der Waals surface area contributed by atoms with Gasteiger partial charge in [-0.05, 0) is 43.3 Å². The molecule has 168 valence electrons. The molecular formula is C20H16F3N3O5S. The molecule has 0 spiro atoms. The van der Waals surface area contributed by atoms with Crippen LogP contribution in [-0.2, 0) is 14.9 Å². The molecule has 3 aromatic rings. The lowest BCUT2D eigenvalue weighted by Crippen LogP contribution is -2.36. The molecule has 0 aliphatic heterocycles. The molecule has 12 heteroatoms. The highest BCUT2D eigenvalue weighted by Crippen LogP contribution is 2.31. The van der Waals surface area contributed by atoms with E-state index in [0.29, 0.717) is 16.9 Å². The summed E-state index contributed by atoms with van der Waals surface area (Å²) in [5.74, 6) is -1.33. The van der Waals surface area contributed by atoms with E-state index in [2.05, 4.69) is 14.2 Å². The molecule has 0 unspecified atom stereocenters. The summed E-state index contributed by atoms with van der Waals surface area (Å²) in [5.41, 5.74) is -4.22. The maximum atomic E-state index is 12.5. The minimum absolute atomic E-state index is 0.274. The summed E-state index contributed by atoms with van der Waals surface area (Å²) < 4.78 is 63.7. The van der Waals surface area contributed by atoms with Gasteiger partial charge in [0.25, 0.3) is 0 Å². The van der Waals surface area contributed by atoms with E-state index < -0.39 is 33.4 Å². The second kappa shape index (κ2) is 8.83. The van der Waals surface area contributed by atoms with Crippen molar-refractivity contribution in [2.45, 2.75) is 18.5 Å². The lowest BCUT2D eigenvalue weighted by molar-refractivity contribution is -0.138. The number of halogens is 3. The number of carboxylic acids is 1. The van der Waals surface area contributed by atoms with Crippen molar-refractivity contribution >= 4 is 27.6 Å². The largest absolute Gasteiger partial charge is 0.534 e. The second-order valence-corrected chi connectivity index (χ2v) is 8.03. The van der Waals surface area contributed by atoms with Crippen LogP contribution in [0.5, 0.6) is 5.75 Å². The van der Waals surface area contributed by atoms with Gasteiger partial charge in [-0.25, -0.2) is 14.8 Å². The van der Waals surface area contributed by atoms with E-state index in [9.17, 15) is 31.5 Å². The number of aromatic nitrogens is 2. The zero-order valence-corrected chi connectivity index (χ0v) is 17.2. The van der Waals surface area contributed by atoms with E-state index in [1.54, 1.807) is 30.3 Å². The van der Waals surface area contributed by atoms with Gasteiger partial charge in [-0.2, -0.15) is 21.6 Å². The Balaban J connectivity index is 1.93. The first kappa shape index (κ1) is 23.0. The summed E-state index contributed by atoms with van der Waals surface area (Å²) in [5, 5.41) is 9.51. The Bertz CT molecular complexity index is 1200. The van der Waals surface area contributed by atoms with Gasteiger partial charge in [0.2, 0.25) is 0 Å². The van der Waals surface area contributed by atoms with Crippen molar-refractivity contribution in [3.8, 4) is 17.0 Å². The predicted molar refractivity (Wildman–Crippen MR) is 109 cm³/mol.